The third-order valence-electron chi connectivity index (χ3n) is 9.59. The van der Waals surface area contributed by atoms with Crippen LogP contribution in [0.5, 0.6) is 0 Å². The smallest absolute Gasteiger partial charge is 0.0122 e. The Hall–Kier alpha value is -0.260. The van der Waals surface area contributed by atoms with Crippen LogP contribution < -0.4 is 0 Å². The molecule has 0 N–H and O–H groups in total. The van der Waals surface area contributed by atoms with E-state index < -0.39 is 0 Å². The molecule has 0 amide bonds. The van der Waals surface area contributed by atoms with Gasteiger partial charge >= 0.3 is 0 Å². The van der Waals surface area contributed by atoms with Crippen molar-refractivity contribution in [1.29, 1.82) is 0 Å². The van der Waals surface area contributed by atoms with Gasteiger partial charge in [-0.15, -0.1) is 0 Å². The predicted molar refractivity (Wildman–Crippen MR) is 170 cm³/mol. The van der Waals surface area contributed by atoms with Crippen LogP contribution in [0.15, 0.2) is 12.2 Å². The van der Waals surface area contributed by atoms with Crippen LogP contribution in [0.25, 0.3) is 0 Å². The summed E-state index contributed by atoms with van der Waals surface area (Å²) in [5.41, 5.74) is 1.87. The van der Waals surface area contributed by atoms with E-state index in [1.54, 1.807) is 0 Å². The minimum atomic E-state index is 0.484. The Kier molecular flexibility index (Phi) is 26.4. The average molecular weight is 507 g/mol. The fourth-order valence-electron chi connectivity index (χ4n) is 5.62. The summed E-state index contributed by atoms with van der Waals surface area (Å²) in [6.45, 7) is 26.3. The maximum atomic E-state index is 4.05. The monoisotopic (exact) mass is 507 g/mol. The fourth-order valence-corrected chi connectivity index (χ4v) is 5.62. The molecule has 3 fully saturated rings. The minimum Gasteiger partial charge on any atom is -0.0996 e. The molecule has 0 aromatic heterocycles. The molecule has 3 aliphatic rings. The van der Waals surface area contributed by atoms with Crippen molar-refractivity contribution in [2.24, 2.45) is 29.1 Å². The molecule has 3 aliphatic carbocycles. The van der Waals surface area contributed by atoms with Crippen LogP contribution in [0.1, 0.15) is 191 Å². The van der Waals surface area contributed by atoms with E-state index in [1.165, 1.54) is 128 Å². The first kappa shape index (κ1) is 37.9. The van der Waals surface area contributed by atoms with Crippen molar-refractivity contribution in [2.75, 3.05) is 0 Å². The molecule has 218 valence electrons. The number of hydrogen-bond acceptors (Lipinski definition) is 0. The summed E-state index contributed by atoms with van der Waals surface area (Å²) in [6.07, 6.45) is 27.5. The molecule has 0 spiro atoms. The van der Waals surface area contributed by atoms with Gasteiger partial charge in [-0.25, -0.2) is 0 Å². The van der Waals surface area contributed by atoms with Crippen LogP contribution in [0, 0.1) is 29.1 Å². The second kappa shape index (κ2) is 25.0. The second-order valence-corrected chi connectivity index (χ2v) is 12.6. The highest BCUT2D eigenvalue weighted by Gasteiger charge is 2.26. The summed E-state index contributed by atoms with van der Waals surface area (Å²) < 4.78 is 0. The molecular formula is C36H74. The molecule has 0 bridgehead atoms. The van der Waals surface area contributed by atoms with E-state index in [1.807, 2.05) is 13.8 Å². The van der Waals surface area contributed by atoms with Crippen LogP contribution in [-0.2, 0) is 0 Å². The summed E-state index contributed by atoms with van der Waals surface area (Å²) in [4.78, 5) is 0. The maximum absolute atomic E-state index is 4.05. The zero-order valence-electron chi connectivity index (χ0n) is 27.5. The molecule has 36 heavy (non-hydrogen) atoms. The molecule has 0 saturated heterocycles. The quantitative estimate of drug-likeness (QED) is 0.301. The van der Waals surface area contributed by atoms with Gasteiger partial charge in [-0.05, 0) is 55.3 Å². The fraction of sp³-hybridized carbons (Fsp3) is 0.944. The molecule has 0 heterocycles. The van der Waals surface area contributed by atoms with Gasteiger partial charge in [0.2, 0.25) is 0 Å². The Morgan fingerprint density at radius 1 is 0.667 bits per heavy atom. The molecule has 3 saturated carbocycles. The average Bonchev–Trinajstić information content (AvgIpc) is 3.45. The Bertz CT molecular complexity index is 439. The van der Waals surface area contributed by atoms with E-state index in [2.05, 4.69) is 62.0 Å². The van der Waals surface area contributed by atoms with Crippen molar-refractivity contribution in [1.82, 2.24) is 0 Å². The van der Waals surface area contributed by atoms with Crippen LogP contribution in [0.3, 0.4) is 0 Å². The Balaban J connectivity index is 0. The van der Waals surface area contributed by atoms with Crippen molar-refractivity contribution in [3.8, 4) is 0 Å². The summed E-state index contributed by atoms with van der Waals surface area (Å²) in [6, 6.07) is 0. The van der Waals surface area contributed by atoms with Gasteiger partial charge in [0, 0.05) is 0 Å². The lowest BCUT2D eigenvalue weighted by atomic mass is 9.72. The SMILES string of the molecule is C=C(C)C1(C)CCCCC1.CC.CCC(C)CC.CCC(C)CC1CCCCC1.CCC1CCCC1. The van der Waals surface area contributed by atoms with Gasteiger partial charge in [0.05, 0.1) is 0 Å². The zero-order valence-corrected chi connectivity index (χ0v) is 27.5. The highest BCUT2D eigenvalue weighted by atomic mass is 14.3. The summed E-state index contributed by atoms with van der Waals surface area (Å²) in [5.74, 6) is 4.08. The minimum absolute atomic E-state index is 0.484. The van der Waals surface area contributed by atoms with Gasteiger partial charge in [0.15, 0.2) is 0 Å². The van der Waals surface area contributed by atoms with Crippen LogP contribution >= 0.6 is 0 Å². The van der Waals surface area contributed by atoms with Crippen molar-refractivity contribution >= 4 is 0 Å². The molecule has 0 aromatic carbocycles. The third-order valence-corrected chi connectivity index (χ3v) is 9.59. The van der Waals surface area contributed by atoms with Crippen molar-refractivity contribution < 1.29 is 0 Å². The largest absolute Gasteiger partial charge is 0.0996 e. The highest BCUT2D eigenvalue weighted by molar-refractivity contribution is 5.06. The standard InChI is InChI=1S/C11H22.C10H18.C7H14.C6H14.C2H6/c1-3-10(2)9-11-7-5-4-6-8-11;1-9(2)10(3)7-5-4-6-8-10;1-2-7-5-3-4-6-7;1-4-6(3)5-2;1-2/h10-11H,3-9H2,1-2H3;1,4-8H2,2-3H3;7H,2-6H2,1H3;6H,4-5H2,1-3H3;1-2H3. The van der Waals surface area contributed by atoms with Crippen molar-refractivity contribution in [3.63, 3.8) is 0 Å². The van der Waals surface area contributed by atoms with Gasteiger partial charge in [-0.2, -0.15) is 0 Å². The van der Waals surface area contributed by atoms with E-state index in [4.69, 9.17) is 0 Å². The topological polar surface area (TPSA) is 0 Å². The number of rotatable bonds is 7. The van der Waals surface area contributed by atoms with Gasteiger partial charge < -0.3 is 0 Å². The van der Waals surface area contributed by atoms with E-state index >= 15 is 0 Å². The molecule has 1 unspecified atom stereocenters. The van der Waals surface area contributed by atoms with Gasteiger partial charge in [0.25, 0.3) is 0 Å². The summed E-state index contributed by atoms with van der Waals surface area (Å²) in [5, 5.41) is 0. The first-order valence-electron chi connectivity index (χ1n) is 16.9. The van der Waals surface area contributed by atoms with Crippen LogP contribution in [0.4, 0.5) is 0 Å². The molecule has 1 atom stereocenters. The normalized spacial score (nSPS) is 20.3. The third kappa shape index (κ3) is 19.8. The molecule has 0 heteroatoms. The lowest BCUT2D eigenvalue weighted by molar-refractivity contribution is 0.268. The Morgan fingerprint density at radius 2 is 1.06 bits per heavy atom. The molecule has 0 nitrogen and oxygen atoms in total. The number of allylic oxidation sites excluding steroid dienone is 1. The second-order valence-electron chi connectivity index (χ2n) is 12.6. The highest BCUT2D eigenvalue weighted by Crippen LogP contribution is 2.40. The predicted octanol–water partition coefficient (Wildman–Crippen LogP) is 13.6. The van der Waals surface area contributed by atoms with Crippen molar-refractivity contribution in [3.05, 3.63) is 12.2 Å². The van der Waals surface area contributed by atoms with Gasteiger partial charge in [-0.3, -0.25) is 0 Å². The lowest BCUT2D eigenvalue weighted by Gasteiger charge is -2.34. The first-order chi connectivity index (χ1) is 17.2. The zero-order chi connectivity index (χ0) is 27.8. The van der Waals surface area contributed by atoms with E-state index in [0.717, 1.165) is 23.7 Å². The van der Waals surface area contributed by atoms with Crippen LogP contribution in [0.2, 0.25) is 0 Å². The summed E-state index contributed by atoms with van der Waals surface area (Å²) in [7, 11) is 0. The van der Waals surface area contributed by atoms with Gasteiger partial charge in [0.1, 0.15) is 0 Å². The number of hydrogen-bond donors (Lipinski definition) is 0. The van der Waals surface area contributed by atoms with E-state index in [0.29, 0.717) is 5.41 Å². The molecule has 0 radical (unpaired) electrons. The molecule has 3 rings (SSSR count). The maximum Gasteiger partial charge on any atom is -0.0122 e. The van der Waals surface area contributed by atoms with E-state index in [-0.39, 0.29) is 0 Å². The lowest BCUT2D eigenvalue weighted by Crippen LogP contribution is -2.20. The molecule has 0 aliphatic heterocycles. The Labute approximate surface area is 232 Å². The van der Waals surface area contributed by atoms with E-state index in [9.17, 15) is 0 Å². The van der Waals surface area contributed by atoms with Gasteiger partial charge in [-0.1, -0.05) is 177 Å². The first-order valence-corrected chi connectivity index (χ1v) is 16.9. The Morgan fingerprint density at radius 3 is 1.36 bits per heavy atom. The molecular weight excluding hydrogens is 432 g/mol. The van der Waals surface area contributed by atoms with Crippen molar-refractivity contribution in [2.45, 2.75) is 191 Å². The van der Waals surface area contributed by atoms with Crippen LogP contribution in [-0.4, -0.2) is 0 Å². The molecule has 0 aromatic rings. The summed E-state index contributed by atoms with van der Waals surface area (Å²) >= 11 is 0.